The Labute approximate surface area is 195 Å². The molecule has 5 nitrogen and oxygen atoms in total. The SMILES string of the molecule is C=C1CCC2C(OC(C)=O)C([C@@]3(C)CC[C@H](O)C[C@@H]3CCN3CCN(C)CC3)CCC12C. The van der Waals surface area contributed by atoms with Gasteiger partial charge in [0.15, 0.2) is 0 Å². The van der Waals surface area contributed by atoms with Crippen LogP contribution in [0.15, 0.2) is 12.2 Å². The Hall–Kier alpha value is -0.910. The van der Waals surface area contributed by atoms with E-state index in [2.05, 4.69) is 37.3 Å². The lowest BCUT2D eigenvalue weighted by Crippen LogP contribution is -2.54. The Balaban J connectivity index is 1.54. The molecule has 0 spiro atoms. The zero-order chi connectivity index (χ0) is 23.1. The highest BCUT2D eigenvalue weighted by Gasteiger charge is 2.58. The fourth-order valence-electron chi connectivity index (χ4n) is 7.79. The molecule has 7 atom stereocenters. The number of hydrogen-bond acceptors (Lipinski definition) is 5. The number of rotatable bonds is 5. The van der Waals surface area contributed by atoms with Gasteiger partial charge in [-0.25, -0.2) is 0 Å². The smallest absolute Gasteiger partial charge is 0.302 e. The lowest BCUT2D eigenvalue weighted by Gasteiger charge is -2.56. The van der Waals surface area contributed by atoms with E-state index in [1.165, 1.54) is 5.57 Å². The van der Waals surface area contributed by atoms with Crippen molar-refractivity contribution in [2.24, 2.45) is 28.6 Å². The number of carbonyl (C=O) groups is 1. The minimum absolute atomic E-state index is 0.0168. The number of likely N-dealkylation sites (N-methyl/N-ethyl adjacent to an activating group) is 1. The maximum absolute atomic E-state index is 12.2. The normalized spacial score (nSPS) is 43.8. The summed E-state index contributed by atoms with van der Waals surface area (Å²) < 4.78 is 6.17. The van der Waals surface area contributed by atoms with E-state index >= 15 is 0 Å². The number of fused-ring (bicyclic) bond motifs is 1. The lowest BCUT2D eigenvalue weighted by atomic mass is 9.51. The predicted octanol–water partition coefficient (Wildman–Crippen LogP) is 4.11. The van der Waals surface area contributed by atoms with Crippen LogP contribution >= 0.6 is 0 Å². The van der Waals surface area contributed by atoms with Crippen molar-refractivity contribution in [2.75, 3.05) is 39.8 Å². The average molecular weight is 447 g/mol. The molecular formula is C27H46N2O3. The Kier molecular flexibility index (Phi) is 7.10. The molecule has 4 unspecified atom stereocenters. The van der Waals surface area contributed by atoms with E-state index in [1.54, 1.807) is 6.92 Å². The molecule has 32 heavy (non-hydrogen) atoms. The first-order valence-corrected chi connectivity index (χ1v) is 13.1. The number of hydrogen-bond donors (Lipinski definition) is 1. The van der Waals surface area contributed by atoms with Gasteiger partial charge in [0.25, 0.3) is 0 Å². The lowest BCUT2D eigenvalue weighted by molar-refractivity contribution is -0.173. The largest absolute Gasteiger partial charge is 0.462 e. The summed E-state index contributed by atoms with van der Waals surface area (Å²) in [5.41, 5.74) is 1.57. The maximum atomic E-state index is 12.2. The van der Waals surface area contributed by atoms with E-state index in [9.17, 15) is 9.90 Å². The van der Waals surface area contributed by atoms with Crippen molar-refractivity contribution in [1.82, 2.24) is 9.80 Å². The first-order chi connectivity index (χ1) is 15.1. The molecule has 4 aliphatic rings. The molecular weight excluding hydrogens is 400 g/mol. The van der Waals surface area contributed by atoms with Crippen LogP contribution in [0.5, 0.6) is 0 Å². The number of aliphatic hydroxyl groups excluding tert-OH is 1. The van der Waals surface area contributed by atoms with Crippen molar-refractivity contribution in [3.8, 4) is 0 Å². The summed E-state index contributed by atoms with van der Waals surface area (Å²) in [7, 11) is 2.20. The van der Waals surface area contributed by atoms with Crippen LogP contribution < -0.4 is 0 Å². The Morgan fingerprint density at radius 2 is 1.84 bits per heavy atom. The van der Waals surface area contributed by atoms with Crippen LogP contribution in [0.4, 0.5) is 0 Å². The van der Waals surface area contributed by atoms with Gasteiger partial charge in [0.2, 0.25) is 0 Å². The molecule has 1 saturated heterocycles. The number of esters is 1. The molecule has 0 aromatic heterocycles. The van der Waals surface area contributed by atoms with Gasteiger partial charge in [-0.05, 0) is 81.7 Å². The summed E-state index contributed by atoms with van der Waals surface area (Å²) in [5.74, 6) is 1.10. The molecule has 3 aliphatic carbocycles. The van der Waals surface area contributed by atoms with Crippen LogP contribution in [0.2, 0.25) is 0 Å². The molecule has 0 aromatic rings. The van der Waals surface area contributed by atoms with E-state index in [1.807, 2.05) is 0 Å². The third kappa shape index (κ3) is 4.54. The number of ether oxygens (including phenoxy) is 1. The van der Waals surface area contributed by atoms with Gasteiger partial charge in [0.05, 0.1) is 6.10 Å². The van der Waals surface area contributed by atoms with E-state index in [0.29, 0.717) is 17.8 Å². The van der Waals surface area contributed by atoms with Crippen molar-refractivity contribution in [1.29, 1.82) is 0 Å². The van der Waals surface area contributed by atoms with Gasteiger partial charge in [0, 0.05) is 44.9 Å². The summed E-state index contributed by atoms with van der Waals surface area (Å²) >= 11 is 0. The summed E-state index contributed by atoms with van der Waals surface area (Å²) in [6.45, 7) is 16.5. The first kappa shape index (κ1) is 24.2. The zero-order valence-electron chi connectivity index (χ0n) is 20.9. The Morgan fingerprint density at radius 3 is 2.53 bits per heavy atom. The van der Waals surface area contributed by atoms with Crippen molar-refractivity contribution in [3.63, 3.8) is 0 Å². The van der Waals surface area contributed by atoms with Crippen LogP contribution in [0.1, 0.15) is 72.1 Å². The Morgan fingerprint density at radius 1 is 1.12 bits per heavy atom. The van der Waals surface area contributed by atoms with E-state index in [0.717, 1.165) is 84.1 Å². The second-order valence-electron chi connectivity index (χ2n) is 11.9. The third-order valence-electron chi connectivity index (χ3n) is 10.2. The zero-order valence-corrected chi connectivity index (χ0v) is 20.9. The van der Waals surface area contributed by atoms with Crippen LogP contribution in [-0.4, -0.2) is 72.9 Å². The standard InChI is InChI=1S/C27H46N2O3/c1-19-6-7-23-25(32-20(2)30)24(9-12-26(19,23)3)27(4)11-8-22(31)18-21(27)10-13-29-16-14-28(5)15-17-29/h21-25,31H,1,6-18H2,2-5H3/t21-,22-,23?,24?,25?,26?,27-/m0/s1. The molecule has 1 heterocycles. The second kappa shape index (κ2) is 9.38. The van der Waals surface area contributed by atoms with Crippen LogP contribution in [0.25, 0.3) is 0 Å². The van der Waals surface area contributed by atoms with Gasteiger partial charge in [-0.3, -0.25) is 4.79 Å². The van der Waals surface area contributed by atoms with Gasteiger partial charge in [-0.15, -0.1) is 0 Å². The summed E-state index contributed by atoms with van der Waals surface area (Å²) in [6.07, 6.45) is 8.14. The van der Waals surface area contributed by atoms with Crippen molar-refractivity contribution >= 4 is 5.97 Å². The van der Waals surface area contributed by atoms with Crippen LogP contribution in [-0.2, 0) is 9.53 Å². The van der Waals surface area contributed by atoms with Gasteiger partial charge in [-0.1, -0.05) is 26.0 Å². The van der Waals surface area contributed by atoms with E-state index in [4.69, 9.17) is 4.74 Å². The van der Waals surface area contributed by atoms with Crippen molar-refractivity contribution in [2.45, 2.75) is 84.3 Å². The molecule has 3 saturated carbocycles. The number of aliphatic hydroxyl groups is 1. The topological polar surface area (TPSA) is 53.0 Å². The maximum Gasteiger partial charge on any atom is 0.302 e. The molecule has 0 aromatic carbocycles. The minimum atomic E-state index is -0.187. The van der Waals surface area contributed by atoms with Crippen LogP contribution in [0.3, 0.4) is 0 Å². The molecule has 0 amide bonds. The summed E-state index contributed by atoms with van der Waals surface area (Å²) in [4.78, 5) is 17.2. The number of carbonyl (C=O) groups excluding carboxylic acids is 1. The molecule has 1 aliphatic heterocycles. The Bertz CT molecular complexity index is 703. The second-order valence-corrected chi connectivity index (χ2v) is 11.9. The molecule has 1 N–H and O–H groups in total. The molecule has 5 heteroatoms. The van der Waals surface area contributed by atoms with Crippen molar-refractivity contribution < 1.29 is 14.6 Å². The highest BCUT2D eigenvalue weighted by molar-refractivity contribution is 5.66. The molecule has 4 fully saturated rings. The van der Waals surface area contributed by atoms with Gasteiger partial charge in [-0.2, -0.15) is 0 Å². The third-order valence-corrected chi connectivity index (χ3v) is 10.2. The van der Waals surface area contributed by atoms with E-state index in [-0.39, 0.29) is 29.0 Å². The van der Waals surface area contributed by atoms with Crippen LogP contribution in [0, 0.1) is 28.6 Å². The quantitative estimate of drug-likeness (QED) is 0.509. The summed E-state index contributed by atoms with van der Waals surface area (Å²) in [5, 5.41) is 10.6. The molecule has 182 valence electrons. The molecule has 0 bridgehead atoms. The number of allylic oxidation sites excluding steroid dienone is 1. The fraction of sp³-hybridized carbons (Fsp3) is 0.889. The predicted molar refractivity (Wildman–Crippen MR) is 128 cm³/mol. The van der Waals surface area contributed by atoms with E-state index < -0.39 is 0 Å². The molecule has 0 radical (unpaired) electrons. The average Bonchev–Trinajstić information content (AvgIpc) is 3.05. The summed E-state index contributed by atoms with van der Waals surface area (Å²) in [6, 6.07) is 0. The van der Waals surface area contributed by atoms with Gasteiger partial charge in [0.1, 0.15) is 6.10 Å². The van der Waals surface area contributed by atoms with Gasteiger partial charge < -0.3 is 19.6 Å². The first-order valence-electron chi connectivity index (χ1n) is 13.1. The highest BCUT2D eigenvalue weighted by Crippen LogP contribution is 2.62. The number of piperazine rings is 1. The van der Waals surface area contributed by atoms with Crippen molar-refractivity contribution in [3.05, 3.63) is 12.2 Å². The monoisotopic (exact) mass is 446 g/mol. The highest BCUT2D eigenvalue weighted by atomic mass is 16.5. The number of nitrogens with zero attached hydrogens (tertiary/aromatic N) is 2. The molecule has 4 rings (SSSR count). The minimum Gasteiger partial charge on any atom is -0.462 e. The fourth-order valence-corrected chi connectivity index (χ4v) is 7.79. The van der Waals surface area contributed by atoms with Gasteiger partial charge >= 0.3 is 5.97 Å².